The van der Waals surface area contributed by atoms with Gasteiger partial charge in [-0.3, -0.25) is 0 Å². The Labute approximate surface area is 109 Å². The fourth-order valence-corrected chi connectivity index (χ4v) is 2.19. The number of aromatic nitrogens is 2. The lowest BCUT2D eigenvalue weighted by Gasteiger charge is -2.19. The third-order valence-electron chi connectivity index (χ3n) is 2.53. The van der Waals surface area contributed by atoms with Crippen LogP contribution in [0.15, 0.2) is 12.5 Å². The Kier molecular flexibility index (Phi) is 5.53. The fourth-order valence-electron chi connectivity index (χ4n) is 1.44. The molecule has 0 aliphatic heterocycles. The Morgan fingerprint density at radius 2 is 2.18 bits per heavy atom. The summed E-state index contributed by atoms with van der Waals surface area (Å²) in [7, 11) is 0. The van der Waals surface area contributed by atoms with Crippen LogP contribution in [0.5, 0.6) is 0 Å². The predicted octanol–water partition coefficient (Wildman–Crippen LogP) is 3.09. The van der Waals surface area contributed by atoms with Gasteiger partial charge in [0.2, 0.25) is 0 Å². The van der Waals surface area contributed by atoms with Crippen LogP contribution in [0.3, 0.4) is 0 Å². The molecule has 1 N–H and O–H groups in total. The van der Waals surface area contributed by atoms with Crippen molar-refractivity contribution < 1.29 is 0 Å². The van der Waals surface area contributed by atoms with Crippen molar-refractivity contribution in [3.63, 3.8) is 0 Å². The van der Waals surface area contributed by atoms with Crippen molar-refractivity contribution in [1.82, 2.24) is 14.9 Å². The Morgan fingerprint density at radius 1 is 1.47 bits per heavy atom. The van der Waals surface area contributed by atoms with Crippen LogP contribution in [0.4, 0.5) is 0 Å². The molecular weight excluding hydrogens is 230 g/mol. The number of rotatable bonds is 6. The topological polar surface area (TPSA) is 29.9 Å². The van der Waals surface area contributed by atoms with E-state index in [0.29, 0.717) is 6.04 Å². The van der Waals surface area contributed by atoms with Gasteiger partial charge in [0.15, 0.2) is 0 Å². The van der Waals surface area contributed by atoms with Gasteiger partial charge in [0.25, 0.3) is 0 Å². The monoisotopic (exact) mass is 255 g/mol. The minimum Gasteiger partial charge on any atom is -0.334 e. The molecule has 1 rings (SSSR count). The van der Waals surface area contributed by atoms with E-state index in [1.807, 2.05) is 18.1 Å². The van der Waals surface area contributed by atoms with Crippen LogP contribution < -0.4 is 5.32 Å². The van der Waals surface area contributed by atoms with E-state index in [1.54, 1.807) is 0 Å². The molecule has 0 aliphatic rings. The third-order valence-corrected chi connectivity index (χ3v) is 3.65. The minimum atomic E-state index is 0.146. The molecule has 0 fully saturated rings. The molecule has 1 unspecified atom stereocenters. The van der Waals surface area contributed by atoms with E-state index in [-0.39, 0.29) is 5.54 Å². The molecule has 0 bridgehead atoms. The van der Waals surface area contributed by atoms with E-state index in [2.05, 4.69) is 55.7 Å². The van der Waals surface area contributed by atoms with Gasteiger partial charge in [-0.25, -0.2) is 4.98 Å². The highest BCUT2D eigenvalue weighted by atomic mass is 32.2. The van der Waals surface area contributed by atoms with Gasteiger partial charge >= 0.3 is 0 Å². The predicted molar refractivity (Wildman–Crippen MR) is 76.5 cm³/mol. The van der Waals surface area contributed by atoms with Crippen molar-refractivity contribution in [3.05, 3.63) is 18.2 Å². The minimum absolute atomic E-state index is 0.146. The van der Waals surface area contributed by atoms with Crippen LogP contribution in [0, 0.1) is 0 Å². The zero-order valence-corrected chi connectivity index (χ0v) is 12.5. The molecule has 1 atom stereocenters. The Morgan fingerprint density at radius 3 is 2.76 bits per heavy atom. The van der Waals surface area contributed by atoms with E-state index in [1.165, 1.54) is 5.75 Å². The summed E-state index contributed by atoms with van der Waals surface area (Å²) in [5.74, 6) is 2.33. The van der Waals surface area contributed by atoms with Crippen LogP contribution >= 0.6 is 11.8 Å². The van der Waals surface area contributed by atoms with Crippen molar-refractivity contribution in [2.45, 2.75) is 52.7 Å². The molecule has 17 heavy (non-hydrogen) atoms. The summed E-state index contributed by atoms with van der Waals surface area (Å²) in [4.78, 5) is 4.44. The lowest BCUT2D eigenvalue weighted by Crippen LogP contribution is -2.35. The maximum atomic E-state index is 4.44. The number of nitrogens with zero attached hydrogens (tertiary/aromatic N) is 2. The first-order valence-corrected chi connectivity index (χ1v) is 7.43. The summed E-state index contributed by atoms with van der Waals surface area (Å²) in [6, 6.07) is 0.524. The standard InChI is InChI=1S/C13H25N3S/c1-6-17-9-11(2)16-8-12(14-10-16)7-15-13(3,4)5/h8,10-11,15H,6-7,9H2,1-5H3. The summed E-state index contributed by atoms with van der Waals surface area (Å²) in [6.45, 7) is 11.8. The SMILES string of the molecule is CCSCC(C)n1cnc(CNC(C)(C)C)c1. The van der Waals surface area contributed by atoms with Crippen LogP contribution in [0.25, 0.3) is 0 Å². The van der Waals surface area contributed by atoms with E-state index >= 15 is 0 Å². The van der Waals surface area contributed by atoms with Crippen molar-refractivity contribution in [3.8, 4) is 0 Å². The fraction of sp³-hybridized carbons (Fsp3) is 0.769. The number of hydrogen-bond acceptors (Lipinski definition) is 3. The smallest absolute Gasteiger partial charge is 0.0952 e. The maximum absolute atomic E-state index is 4.44. The number of imidazole rings is 1. The molecule has 0 aromatic carbocycles. The number of thioether (sulfide) groups is 1. The molecule has 1 aromatic heterocycles. The molecular formula is C13H25N3S. The Bertz CT molecular complexity index is 328. The first-order chi connectivity index (χ1) is 7.92. The van der Waals surface area contributed by atoms with Gasteiger partial charge in [0, 0.05) is 30.1 Å². The van der Waals surface area contributed by atoms with Gasteiger partial charge in [-0.05, 0) is 33.4 Å². The van der Waals surface area contributed by atoms with E-state index in [9.17, 15) is 0 Å². The molecule has 0 amide bonds. The molecule has 1 aromatic rings. The van der Waals surface area contributed by atoms with Crippen molar-refractivity contribution in [2.24, 2.45) is 0 Å². The van der Waals surface area contributed by atoms with E-state index in [0.717, 1.165) is 18.0 Å². The average molecular weight is 255 g/mol. The molecule has 0 saturated heterocycles. The lowest BCUT2D eigenvalue weighted by molar-refractivity contribution is 0.421. The van der Waals surface area contributed by atoms with Gasteiger partial charge in [0.1, 0.15) is 0 Å². The molecule has 3 nitrogen and oxygen atoms in total. The van der Waals surface area contributed by atoms with Crippen LogP contribution in [0.2, 0.25) is 0 Å². The summed E-state index contributed by atoms with van der Waals surface area (Å²) in [5.41, 5.74) is 1.27. The van der Waals surface area contributed by atoms with Gasteiger partial charge < -0.3 is 9.88 Å². The highest BCUT2D eigenvalue weighted by molar-refractivity contribution is 7.99. The summed E-state index contributed by atoms with van der Waals surface area (Å²) in [6.07, 6.45) is 4.10. The highest BCUT2D eigenvalue weighted by Crippen LogP contribution is 2.14. The molecule has 4 heteroatoms. The third kappa shape index (κ3) is 5.59. The van der Waals surface area contributed by atoms with Crippen LogP contribution in [0.1, 0.15) is 46.4 Å². The molecule has 0 aliphatic carbocycles. The summed E-state index contributed by atoms with van der Waals surface area (Å²) in [5, 5.41) is 3.45. The maximum Gasteiger partial charge on any atom is 0.0952 e. The zero-order chi connectivity index (χ0) is 12.9. The van der Waals surface area contributed by atoms with Crippen LogP contribution in [-0.2, 0) is 6.54 Å². The van der Waals surface area contributed by atoms with Gasteiger partial charge in [0.05, 0.1) is 12.0 Å². The highest BCUT2D eigenvalue weighted by Gasteiger charge is 2.10. The Hall–Kier alpha value is -0.480. The molecule has 1 heterocycles. The normalized spacial score (nSPS) is 13.9. The molecule has 0 spiro atoms. The first-order valence-electron chi connectivity index (χ1n) is 6.27. The largest absolute Gasteiger partial charge is 0.334 e. The summed E-state index contributed by atoms with van der Waals surface area (Å²) >= 11 is 1.97. The first kappa shape index (κ1) is 14.6. The number of nitrogens with one attached hydrogen (secondary N) is 1. The summed E-state index contributed by atoms with van der Waals surface area (Å²) < 4.78 is 2.21. The second kappa shape index (κ2) is 6.45. The average Bonchev–Trinajstić information content (AvgIpc) is 2.70. The van der Waals surface area contributed by atoms with Gasteiger partial charge in [-0.15, -0.1) is 0 Å². The van der Waals surface area contributed by atoms with Gasteiger partial charge in [-0.2, -0.15) is 11.8 Å². The van der Waals surface area contributed by atoms with Crippen molar-refractivity contribution in [1.29, 1.82) is 0 Å². The van der Waals surface area contributed by atoms with Crippen LogP contribution in [-0.4, -0.2) is 26.6 Å². The zero-order valence-electron chi connectivity index (χ0n) is 11.7. The number of hydrogen-bond donors (Lipinski definition) is 1. The molecule has 0 saturated carbocycles. The van der Waals surface area contributed by atoms with E-state index in [4.69, 9.17) is 0 Å². The van der Waals surface area contributed by atoms with Crippen molar-refractivity contribution >= 4 is 11.8 Å². The van der Waals surface area contributed by atoms with E-state index < -0.39 is 0 Å². The molecule has 0 radical (unpaired) electrons. The second-order valence-electron chi connectivity index (χ2n) is 5.42. The Balaban J connectivity index is 2.47. The van der Waals surface area contributed by atoms with Crippen molar-refractivity contribution in [2.75, 3.05) is 11.5 Å². The van der Waals surface area contributed by atoms with Gasteiger partial charge in [-0.1, -0.05) is 6.92 Å². The quantitative estimate of drug-likeness (QED) is 0.847. The second-order valence-corrected chi connectivity index (χ2v) is 6.74. The molecule has 98 valence electrons. The lowest BCUT2D eigenvalue weighted by atomic mass is 10.1.